The Balaban J connectivity index is 2.55. The highest BCUT2D eigenvalue weighted by Crippen LogP contribution is 2.37. The van der Waals surface area contributed by atoms with Crippen LogP contribution in [0.15, 0.2) is 21.9 Å². The standard InChI is InChI=1S/C12H14N2O6/c1-2-4-12(19)9(17)7(6-15)20-10(12)14-5-3-8(16)13-11(14)18/h3,5,7,9-10,15,17,19H,6H2,1H3,(H,13,16,18)/t7-,9-,10+,12+/m1/s1. The molecule has 0 saturated carbocycles. The summed E-state index contributed by atoms with van der Waals surface area (Å²) in [6, 6.07) is 1.07. The van der Waals surface area contributed by atoms with Crippen LogP contribution in [0.1, 0.15) is 13.2 Å². The van der Waals surface area contributed by atoms with E-state index in [2.05, 4.69) is 11.8 Å². The van der Waals surface area contributed by atoms with Gasteiger partial charge < -0.3 is 20.1 Å². The van der Waals surface area contributed by atoms with Crippen molar-refractivity contribution < 1.29 is 20.1 Å². The molecule has 4 N–H and O–H groups in total. The van der Waals surface area contributed by atoms with Crippen molar-refractivity contribution in [3.8, 4) is 11.8 Å². The topological polar surface area (TPSA) is 125 Å². The summed E-state index contributed by atoms with van der Waals surface area (Å²) in [7, 11) is 0. The highest BCUT2D eigenvalue weighted by Gasteiger charge is 2.55. The molecule has 0 spiro atoms. The molecule has 0 bridgehead atoms. The van der Waals surface area contributed by atoms with Gasteiger partial charge in [0, 0.05) is 12.3 Å². The zero-order valence-corrected chi connectivity index (χ0v) is 10.6. The Hall–Kier alpha value is -1.92. The van der Waals surface area contributed by atoms with Gasteiger partial charge in [-0.25, -0.2) is 4.79 Å². The van der Waals surface area contributed by atoms with Gasteiger partial charge in [0.05, 0.1) is 6.61 Å². The van der Waals surface area contributed by atoms with Crippen LogP contribution < -0.4 is 11.2 Å². The maximum absolute atomic E-state index is 11.7. The largest absolute Gasteiger partial charge is 0.394 e. The normalized spacial score (nSPS) is 32.7. The summed E-state index contributed by atoms with van der Waals surface area (Å²) in [6.45, 7) is 0.896. The molecule has 8 heteroatoms. The third-order valence-electron chi connectivity index (χ3n) is 3.09. The lowest BCUT2D eigenvalue weighted by Gasteiger charge is -2.26. The van der Waals surface area contributed by atoms with E-state index in [9.17, 15) is 19.8 Å². The van der Waals surface area contributed by atoms with Gasteiger partial charge in [0.2, 0.25) is 0 Å². The first kappa shape index (κ1) is 14.5. The number of ether oxygens (including phenoxy) is 1. The van der Waals surface area contributed by atoms with Crippen molar-refractivity contribution in [2.24, 2.45) is 0 Å². The molecule has 1 aromatic rings. The average Bonchev–Trinajstić information content (AvgIpc) is 2.63. The number of aliphatic hydroxyl groups is 3. The molecule has 1 aliphatic rings. The van der Waals surface area contributed by atoms with Crippen molar-refractivity contribution in [3.63, 3.8) is 0 Å². The van der Waals surface area contributed by atoms with Gasteiger partial charge in [0.1, 0.15) is 12.2 Å². The number of hydrogen-bond acceptors (Lipinski definition) is 6. The van der Waals surface area contributed by atoms with Crippen molar-refractivity contribution in [3.05, 3.63) is 33.1 Å². The van der Waals surface area contributed by atoms with Crippen LogP contribution in [-0.2, 0) is 4.74 Å². The molecule has 4 atom stereocenters. The smallest absolute Gasteiger partial charge is 0.330 e. The van der Waals surface area contributed by atoms with Crippen molar-refractivity contribution in [1.82, 2.24) is 9.55 Å². The molecular weight excluding hydrogens is 268 g/mol. The summed E-state index contributed by atoms with van der Waals surface area (Å²) in [5.74, 6) is 4.84. The quantitative estimate of drug-likeness (QED) is 0.446. The predicted octanol–water partition coefficient (Wildman–Crippen LogP) is -2.46. The minimum atomic E-state index is -2.07. The molecule has 2 rings (SSSR count). The summed E-state index contributed by atoms with van der Waals surface area (Å²) in [6.07, 6.45) is -2.81. The summed E-state index contributed by atoms with van der Waals surface area (Å²) in [5.41, 5.74) is -3.48. The SMILES string of the molecule is CC#C[C@]1(O)[C@H](O)[C@@H](CO)O[C@@H]1n1ccc(=O)[nH]c1=O. The Morgan fingerprint density at radius 1 is 1.55 bits per heavy atom. The van der Waals surface area contributed by atoms with Crippen LogP contribution in [-0.4, -0.2) is 49.3 Å². The van der Waals surface area contributed by atoms with Gasteiger partial charge in [-0.15, -0.1) is 5.92 Å². The highest BCUT2D eigenvalue weighted by molar-refractivity contribution is 5.22. The van der Waals surface area contributed by atoms with E-state index in [-0.39, 0.29) is 0 Å². The molecule has 8 nitrogen and oxygen atoms in total. The van der Waals surface area contributed by atoms with Gasteiger partial charge in [-0.2, -0.15) is 0 Å². The second-order valence-electron chi connectivity index (χ2n) is 4.37. The highest BCUT2D eigenvalue weighted by atomic mass is 16.6. The first-order valence-electron chi connectivity index (χ1n) is 5.86. The number of H-pyrrole nitrogens is 1. The maximum Gasteiger partial charge on any atom is 0.330 e. The zero-order chi connectivity index (χ0) is 14.9. The minimum absolute atomic E-state index is 0.552. The molecule has 1 saturated heterocycles. The monoisotopic (exact) mass is 282 g/mol. The Morgan fingerprint density at radius 2 is 2.25 bits per heavy atom. The lowest BCUT2D eigenvalue weighted by atomic mass is 9.94. The van der Waals surface area contributed by atoms with Crippen LogP contribution in [0.2, 0.25) is 0 Å². The molecule has 0 aliphatic carbocycles. The van der Waals surface area contributed by atoms with Gasteiger partial charge >= 0.3 is 5.69 Å². The van der Waals surface area contributed by atoms with E-state index in [1.54, 1.807) is 0 Å². The fraction of sp³-hybridized carbons (Fsp3) is 0.500. The number of aromatic nitrogens is 2. The molecule has 108 valence electrons. The molecule has 1 fully saturated rings. The van der Waals surface area contributed by atoms with E-state index in [1.807, 2.05) is 4.98 Å². The summed E-state index contributed by atoms with van der Waals surface area (Å²) < 4.78 is 6.19. The number of aromatic amines is 1. The lowest BCUT2D eigenvalue weighted by Crippen LogP contribution is -2.48. The first-order chi connectivity index (χ1) is 9.43. The van der Waals surface area contributed by atoms with E-state index >= 15 is 0 Å². The molecule has 0 unspecified atom stereocenters. The Labute approximate surface area is 113 Å². The molecular formula is C12H14N2O6. The fourth-order valence-electron chi connectivity index (χ4n) is 2.14. The van der Waals surface area contributed by atoms with Crippen molar-refractivity contribution in [1.29, 1.82) is 0 Å². The molecule has 20 heavy (non-hydrogen) atoms. The van der Waals surface area contributed by atoms with Crippen LogP contribution in [0.4, 0.5) is 0 Å². The number of nitrogens with one attached hydrogen (secondary N) is 1. The molecule has 0 radical (unpaired) electrons. The van der Waals surface area contributed by atoms with E-state index < -0.39 is 41.9 Å². The molecule has 1 aromatic heterocycles. The molecule has 2 heterocycles. The molecule has 0 amide bonds. The van der Waals surface area contributed by atoms with Crippen LogP contribution in [0.5, 0.6) is 0 Å². The second-order valence-corrected chi connectivity index (χ2v) is 4.37. The Bertz CT molecular complexity index is 669. The van der Waals surface area contributed by atoms with Crippen LogP contribution in [0, 0.1) is 11.8 Å². The van der Waals surface area contributed by atoms with Crippen molar-refractivity contribution in [2.45, 2.75) is 31.0 Å². The summed E-state index contributed by atoms with van der Waals surface area (Å²) in [5, 5.41) is 29.6. The summed E-state index contributed by atoms with van der Waals surface area (Å²) in [4.78, 5) is 24.8. The number of aliphatic hydroxyl groups excluding tert-OH is 2. The third kappa shape index (κ3) is 2.17. The van der Waals surface area contributed by atoms with Crippen molar-refractivity contribution in [2.75, 3.05) is 6.61 Å². The van der Waals surface area contributed by atoms with Crippen LogP contribution in [0.3, 0.4) is 0 Å². The van der Waals surface area contributed by atoms with Gasteiger partial charge in [0.15, 0.2) is 11.8 Å². The fourth-order valence-corrected chi connectivity index (χ4v) is 2.14. The van der Waals surface area contributed by atoms with Crippen molar-refractivity contribution >= 4 is 0 Å². The third-order valence-corrected chi connectivity index (χ3v) is 3.09. The minimum Gasteiger partial charge on any atom is -0.394 e. The zero-order valence-electron chi connectivity index (χ0n) is 10.6. The number of hydrogen-bond donors (Lipinski definition) is 4. The summed E-state index contributed by atoms with van der Waals surface area (Å²) >= 11 is 0. The maximum atomic E-state index is 11.7. The van der Waals surface area contributed by atoms with E-state index in [0.717, 1.165) is 16.8 Å². The average molecular weight is 282 g/mol. The van der Waals surface area contributed by atoms with Gasteiger partial charge in [-0.3, -0.25) is 14.3 Å². The van der Waals surface area contributed by atoms with E-state index in [4.69, 9.17) is 9.84 Å². The second kappa shape index (κ2) is 5.22. The molecule has 1 aliphatic heterocycles. The van der Waals surface area contributed by atoms with Crippen LogP contribution >= 0.6 is 0 Å². The van der Waals surface area contributed by atoms with Gasteiger partial charge in [-0.05, 0) is 6.92 Å². The number of rotatable bonds is 2. The Morgan fingerprint density at radius 3 is 2.80 bits per heavy atom. The lowest BCUT2D eigenvalue weighted by molar-refractivity contribution is -0.0765. The Kier molecular flexibility index (Phi) is 3.78. The van der Waals surface area contributed by atoms with E-state index in [0.29, 0.717) is 0 Å². The number of nitrogens with zero attached hydrogens (tertiary/aromatic N) is 1. The predicted molar refractivity (Wildman–Crippen MR) is 66.7 cm³/mol. The molecule has 0 aromatic carbocycles. The van der Waals surface area contributed by atoms with Gasteiger partial charge in [0.25, 0.3) is 5.56 Å². The van der Waals surface area contributed by atoms with Crippen LogP contribution in [0.25, 0.3) is 0 Å². The van der Waals surface area contributed by atoms with Gasteiger partial charge in [-0.1, -0.05) is 5.92 Å². The van der Waals surface area contributed by atoms with E-state index in [1.165, 1.54) is 6.92 Å². The first-order valence-corrected chi connectivity index (χ1v) is 5.86.